The zero-order valence-corrected chi connectivity index (χ0v) is 10.4. The molecule has 1 rings (SSSR count). The summed E-state index contributed by atoms with van der Waals surface area (Å²) < 4.78 is 0. The molecule has 0 aliphatic rings. The number of non-ortho nitro benzene ring substituents is 1. The van der Waals surface area contributed by atoms with Crippen molar-refractivity contribution in [3.63, 3.8) is 0 Å². The Kier molecular flexibility index (Phi) is 5.34. The van der Waals surface area contributed by atoms with Crippen LogP contribution in [0.4, 0.5) is 11.4 Å². The molecule has 1 atom stereocenters. The SMILES string of the molecule is CCC(CO)NCc1ccc([N+](=O)[O-])cc1[N+](=O)[O-]. The Morgan fingerprint density at radius 3 is 2.47 bits per heavy atom. The first-order chi connectivity index (χ1) is 8.99. The van der Waals surface area contributed by atoms with Crippen molar-refractivity contribution in [2.75, 3.05) is 6.61 Å². The van der Waals surface area contributed by atoms with Crippen LogP contribution < -0.4 is 5.32 Å². The fourth-order valence-electron chi connectivity index (χ4n) is 1.58. The average molecular weight is 269 g/mol. The van der Waals surface area contributed by atoms with E-state index in [1.165, 1.54) is 12.1 Å². The largest absolute Gasteiger partial charge is 0.395 e. The molecule has 0 saturated heterocycles. The lowest BCUT2D eigenvalue weighted by Gasteiger charge is -2.13. The van der Waals surface area contributed by atoms with Gasteiger partial charge in [-0.05, 0) is 12.5 Å². The van der Waals surface area contributed by atoms with Crippen LogP contribution in [-0.4, -0.2) is 27.6 Å². The summed E-state index contributed by atoms with van der Waals surface area (Å²) in [5, 5.41) is 33.4. The van der Waals surface area contributed by atoms with E-state index in [0.717, 1.165) is 6.07 Å². The molecular weight excluding hydrogens is 254 g/mol. The summed E-state index contributed by atoms with van der Waals surface area (Å²) in [6, 6.07) is 3.36. The van der Waals surface area contributed by atoms with Gasteiger partial charge in [0, 0.05) is 24.2 Å². The summed E-state index contributed by atoms with van der Waals surface area (Å²) in [7, 11) is 0. The standard InChI is InChI=1S/C11H15N3O5/c1-2-9(7-15)12-6-8-3-4-10(13(16)17)5-11(8)14(18)19/h3-5,9,12,15H,2,6-7H2,1H3. The molecule has 0 saturated carbocycles. The maximum absolute atomic E-state index is 10.9. The van der Waals surface area contributed by atoms with Gasteiger partial charge in [0.15, 0.2) is 0 Å². The Bertz CT molecular complexity index is 473. The van der Waals surface area contributed by atoms with Gasteiger partial charge < -0.3 is 10.4 Å². The molecular formula is C11H15N3O5. The van der Waals surface area contributed by atoms with Crippen molar-refractivity contribution in [3.05, 3.63) is 44.0 Å². The average Bonchev–Trinajstić information content (AvgIpc) is 2.39. The van der Waals surface area contributed by atoms with Gasteiger partial charge in [0.1, 0.15) is 0 Å². The zero-order chi connectivity index (χ0) is 14.4. The van der Waals surface area contributed by atoms with E-state index in [9.17, 15) is 20.2 Å². The molecule has 1 aromatic rings. The van der Waals surface area contributed by atoms with Crippen molar-refractivity contribution in [1.82, 2.24) is 5.32 Å². The molecule has 1 unspecified atom stereocenters. The summed E-state index contributed by atoms with van der Waals surface area (Å²) in [6.07, 6.45) is 0.678. The Morgan fingerprint density at radius 2 is 2.00 bits per heavy atom. The highest BCUT2D eigenvalue weighted by Gasteiger charge is 2.19. The molecule has 0 aliphatic carbocycles. The van der Waals surface area contributed by atoms with Crippen molar-refractivity contribution in [3.8, 4) is 0 Å². The van der Waals surface area contributed by atoms with Crippen LogP contribution in [0, 0.1) is 20.2 Å². The molecule has 0 bridgehead atoms. The number of rotatable bonds is 7. The van der Waals surface area contributed by atoms with Gasteiger partial charge in [0.2, 0.25) is 0 Å². The van der Waals surface area contributed by atoms with Gasteiger partial charge in [-0.15, -0.1) is 0 Å². The molecule has 0 amide bonds. The molecule has 8 heteroatoms. The first kappa shape index (κ1) is 15.0. The van der Waals surface area contributed by atoms with Crippen LogP contribution in [-0.2, 0) is 6.54 Å². The summed E-state index contributed by atoms with van der Waals surface area (Å²) in [5.74, 6) is 0. The number of nitro benzene ring substituents is 2. The van der Waals surface area contributed by atoms with E-state index >= 15 is 0 Å². The first-order valence-electron chi connectivity index (χ1n) is 5.75. The van der Waals surface area contributed by atoms with Crippen molar-refractivity contribution in [2.24, 2.45) is 0 Å². The van der Waals surface area contributed by atoms with E-state index < -0.39 is 9.85 Å². The van der Waals surface area contributed by atoms with Gasteiger partial charge in [-0.3, -0.25) is 20.2 Å². The number of benzene rings is 1. The topological polar surface area (TPSA) is 119 Å². The van der Waals surface area contributed by atoms with Crippen LogP contribution in [0.1, 0.15) is 18.9 Å². The maximum Gasteiger partial charge on any atom is 0.280 e. The number of hydrogen-bond acceptors (Lipinski definition) is 6. The van der Waals surface area contributed by atoms with Crippen LogP contribution in [0.2, 0.25) is 0 Å². The van der Waals surface area contributed by atoms with E-state index in [1.54, 1.807) is 0 Å². The second-order valence-corrected chi connectivity index (χ2v) is 4.00. The number of nitro groups is 2. The van der Waals surface area contributed by atoms with Gasteiger partial charge in [-0.2, -0.15) is 0 Å². The molecule has 0 aromatic heterocycles. The Morgan fingerprint density at radius 1 is 1.32 bits per heavy atom. The van der Waals surface area contributed by atoms with Crippen LogP contribution in [0.15, 0.2) is 18.2 Å². The van der Waals surface area contributed by atoms with E-state index in [-0.39, 0.29) is 30.6 Å². The summed E-state index contributed by atoms with van der Waals surface area (Å²) in [5.41, 5.74) is -0.262. The second kappa shape index (κ2) is 6.76. The third kappa shape index (κ3) is 3.97. The van der Waals surface area contributed by atoms with Crippen molar-refractivity contribution < 1.29 is 15.0 Å². The van der Waals surface area contributed by atoms with Gasteiger partial charge in [-0.1, -0.05) is 6.92 Å². The number of nitrogens with zero attached hydrogens (tertiary/aromatic N) is 2. The molecule has 0 aliphatic heterocycles. The first-order valence-corrected chi connectivity index (χ1v) is 5.75. The zero-order valence-electron chi connectivity index (χ0n) is 10.4. The fraction of sp³-hybridized carbons (Fsp3) is 0.455. The van der Waals surface area contributed by atoms with E-state index in [1.807, 2.05) is 6.92 Å². The minimum absolute atomic E-state index is 0.0721. The lowest BCUT2D eigenvalue weighted by atomic mass is 10.1. The third-order valence-corrected chi connectivity index (χ3v) is 2.77. The van der Waals surface area contributed by atoms with Crippen LogP contribution >= 0.6 is 0 Å². The summed E-state index contributed by atoms with van der Waals surface area (Å²) >= 11 is 0. The molecule has 0 heterocycles. The number of aliphatic hydroxyl groups is 1. The minimum atomic E-state index is -0.674. The van der Waals surface area contributed by atoms with Gasteiger partial charge in [-0.25, -0.2) is 0 Å². The Hall–Kier alpha value is -2.06. The highest BCUT2D eigenvalue weighted by Crippen LogP contribution is 2.24. The Balaban J connectivity index is 2.94. The molecule has 0 fully saturated rings. The molecule has 2 N–H and O–H groups in total. The van der Waals surface area contributed by atoms with Gasteiger partial charge in [0.05, 0.1) is 22.5 Å². The Labute approximate surface area is 109 Å². The molecule has 0 radical (unpaired) electrons. The van der Waals surface area contributed by atoms with Gasteiger partial charge in [0.25, 0.3) is 11.4 Å². The van der Waals surface area contributed by atoms with E-state index in [2.05, 4.69) is 5.32 Å². The lowest BCUT2D eigenvalue weighted by molar-refractivity contribution is -0.394. The summed E-state index contributed by atoms with van der Waals surface area (Å²) in [4.78, 5) is 20.1. The molecule has 104 valence electrons. The number of hydrogen-bond donors (Lipinski definition) is 2. The van der Waals surface area contributed by atoms with Crippen molar-refractivity contribution >= 4 is 11.4 Å². The van der Waals surface area contributed by atoms with Crippen LogP contribution in [0.3, 0.4) is 0 Å². The second-order valence-electron chi connectivity index (χ2n) is 4.00. The maximum atomic E-state index is 10.9. The van der Waals surface area contributed by atoms with E-state index in [0.29, 0.717) is 12.0 Å². The predicted molar refractivity (Wildman–Crippen MR) is 67.8 cm³/mol. The highest BCUT2D eigenvalue weighted by molar-refractivity contribution is 5.49. The molecule has 19 heavy (non-hydrogen) atoms. The lowest BCUT2D eigenvalue weighted by Crippen LogP contribution is -2.31. The predicted octanol–water partition coefficient (Wildman–Crippen LogP) is 1.36. The van der Waals surface area contributed by atoms with Crippen molar-refractivity contribution in [2.45, 2.75) is 25.9 Å². The molecule has 1 aromatic carbocycles. The van der Waals surface area contributed by atoms with Crippen molar-refractivity contribution in [1.29, 1.82) is 0 Å². The highest BCUT2D eigenvalue weighted by atomic mass is 16.6. The van der Waals surface area contributed by atoms with Crippen LogP contribution in [0.25, 0.3) is 0 Å². The normalized spacial score (nSPS) is 12.1. The van der Waals surface area contributed by atoms with Crippen LogP contribution in [0.5, 0.6) is 0 Å². The minimum Gasteiger partial charge on any atom is -0.395 e. The third-order valence-electron chi connectivity index (χ3n) is 2.77. The fourth-order valence-corrected chi connectivity index (χ4v) is 1.58. The number of aliphatic hydroxyl groups excluding tert-OH is 1. The van der Waals surface area contributed by atoms with E-state index in [4.69, 9.17) is 5.11 Å². The molecule has 0 spiro atoms. The molecule has 8 nitrogen and oxygen atoms in total. The smallest absolute Gasteiger partial charge is 0.280 e. The quantitative estimate of drug-likeness (QED) is 0.570. The monoisotopic (exact) mass is 269 g/mol. The number of nitrogens with one attached hydrogen (secondary N) is 1. The van der Waals surface area contributed by atoms with Gasteiger partial charge >= 0.3 is 0 Å². The summed E-state index contributed by atoms with van der Waals surface area (Å²) in [6.45, 7) is 1.97.